The molecular formula is C21H25NO7. The molecule has 29 heavy (non-hydrogen) atoms. The highest BCUT2D eigenvalue weighted by molar-refractivity contribution is 5.94. The average molecular weight is 403 g/mol. The summed E-state index contributed by atoms with van der Waals surface area (Å²) in [6.07, 6.45) is -7.61. The molecule has 0 aliphatic carbocycles. The van der Waals surface area contributed by atoms with Gasteiger partial charge >= 0.3 is 0 Å². The molecule has 2 aromatic rings. The molecule has 0 bridgehead atoms. The highest BCUT2D eigenvalue weighted by Crippen LogP contribution is 2.27. The van der Waals surface area contributed by atoms with Gasteiger partial charge < -0.3 is 35.2 Å². The molecule has 1 saturated heterocycles. The SMILES string of the molecule is O=C(NC[C@@H](O[C@@H]1O[C@H](CO)[C@@H](O)[C@H](O)[C@H]1O)c1ccccc1)c1ccccc1. The molecule has 0 aromatic heterocycles. The van der Waals surface area contributed by atoms with Crippen LogP contribution in [-0.4, -0.2) is 70.2 Å². The summed E-state index contributed by atoms with van der Waals surface area (Å²) in [5.41, 5.74) is 1.21. The van der Waals surface area contributed by atoms with E-state index in [4.69, 9.17) is 9.47 Å². The molecule has 1 heterocycles. The number of hydrogen-bond acceptors (Lipinski definition) is 7. The third kappa shape index (κ3) is 5.18. The Kier molecular flexibility index (Phi) is 7.32. The Morgan fingerprint density at radius 3 is 2.21 bits per heavy atom. The summed E-state index contributed by atoms with van der Waals surface area (Å²) < 4.78 is 11.3. The van der Waals surface area contributed by atoms with Crippen molar-refractivity contribution in [2.75, 3.05) is 13.2 Å². The largest absolute Gasteiger partial charge is 0.394 e. The molecule has 1 amide bonds. The van der Waals surface area contributed by atoms with Crippen molar-refractivity contribution >= 4 is 5.91 Å². The highest BCUT2D eigenvalue weighted by atomic mass is 16.7. The normalized spacial score (nSPS) is 27.9. The molecule has 1 fully saturated rings. The van der Waals surface area contributed by atoms with Crippen LogP contribution in [0.15, 0.2) is 60.7 Å². The summed E-state index contributed by atoms with van der Waals surface area (Å²) in [6, 6.07) is 17.7. The summed E-state index contributed by atoms with van der Waals surface area (Å²) in [5, 5.41) is 42.3. The number of carbonyl (C=O) groups is 1. The number of ether oxygens (including phenoxy) is 2. The van der Waals surface area contributed by atoms with E-state index in [1.54, 1.807) is 48.5 Å². The molecule has 0 saturated carbocycles. The summed E-state index contributed by atoms with van der Waals surface area (Å²) in [6.45, 7) is -0.474. The zero-order valence-electron chi connectivity index (χ0n) is 15.7. The van der Waals surface area contributed by atoms with Crippen LogP contribution in [0.25, 0.3) is 0 Å². The number of aliphatic hydroxyl groups is 4. The van der Waals surface area contributed by atoms with E-state index >= 15 is 0 Å². The van der Waals surface area contributed by atoms with Crippen LogP contribution in [0.5, 0.6) is 0 Å². The topological polar surface area (TPSA) is 128 Å². The molecule has 0 radical (unpaired) electrons. The van der Waals surface area contributed by atoms with E-state index in [2.05, 4.69) is 5.32 Å². The van der Waals surface area contributed by atoms with E-state index in [1.165, 1.54) is 0 Å². The van der Waals surface area contributed by atoms with Crippen molar-refractivity contribution < 1.29 is 34.7 Å². The Hall–Kier alpha value is -2.33. The third-order valence-corrected chi connectivity index (χ3v) is 4.80. The van der Waals surface area contributed by atoms with Crippen LogP contribution in [0.2, 0.25) is 0 Å². The lowest BCUT2D eigenvalue weighted by atomic mass is 9.99. The predicted molar refractivity (Wildman–Crippen MR) is 103 cm³/mol. The quantitative estimate of drug-likeness (QED) is 0.439. The zero-order valence-corrected chi connectivity index (χ0v) is 15.7. The van der Waals surface area contributed by atoms with Gasteiger partial charge in [-0.2, -0.15) is 0 Å². The van der Waals surface area contributed by atoms with E-state index in [0.717, 1.165) is 5.56 Å². The lowest BCUT2D eigenvalue weighted by molar-refractivity contribution is -0.311. The maximum Gasteiger partial charge on any atom is 0.251 e. The first-order chi connectivity index (χ1) is 14.0. The van der Waals surface area contributed by atoms with Crippen molar-refractivity contribution in [3.8, 4) is 0 Å². The van der Waals surface area contributed by atoms with Crippen LogP contribution < -0.4 is 5.32 Å². The number of hydrogen-bond donors (Lipinski definition) is 5. The summed E-state index contributed by atoms with van der Waals surface area (Å²) in [7, 11) is 0. The smallest absolute Gasteiger partial charge is 0.251 e. The number of nitrogens with one attached hydrogen (secondary N) is 1. The van der Waals surface area contributed by atoms with Crippen molar-refractivity contribution in [3.05, 3.63) is 71.8 Å². The fourth-order valence-corrected chi connectivity index (χ4v) is 3.13. The minimum atomic E-state index is -1.54. The molecule has 5 N–H and O–H groups in total. The molecule has 2 aromatic carbocycles. The fourth-order valence-electron chi connectivity index (χ4n) is 3.13. The van der Waals surface area contributed by atoms with Crippen LogP contribution in [0, 0.1) is 0 Å². The number of benzene rings is 2. The van der Waals surface area contributed by atoms with Gasteiger partial charge in [0.1, 0.15) is 30.5 Å². The zero-order chi connectivity index (χ0) is 20.8. The van der Waals surface area contributed by atoms with Crippen molar-refractivity contribution in [2.45, 2.75) is 36.8 Å². The Morgan fingerprint density at radius 1 is 0.966 bits per heavy atom. The van der Waals surface area contributed by atoms with Gasteiger partial charge in [-0.25, -0.2) is 0 Å². The van der Waals surface area contributed by atoms with E-state index in [1.807, 2.05) is 12.1 Å². The number of carbonyl (C=O) groups excluding carboxylic acids is 1. The van der Waals surface area contributed by atoms with E-state index in [0.29, 0.717) is 5.56 Å². The van der Waals surface area contributed by atoms with Gasteiger partial charge in [0.15, 0.2) is 6.29 Å². The van der Waals surface area contributed by atoms with Gasteiger partial charge in [-0.05, 0) is 17.7 Å². The van der Waals surface area contributed by atoms with Gasteiger partial charge in [0.2, 0.25) is 0 Å². The number of aliphatic hydroxyl groups excluding tert-OH is 4. The lowest BCUT2D eigenvalue weighted by Gasteiger charge is -2.40. The van der Waals surface area contributed by atoms with Crippen molar-refractivity contribution in [1.29, 1.82) is 0 Å². The van der Waals surface area contributed by atoms with Crippen LogP contribution >= 0.6 is 0 Å². The lowest BCUT2D eigenvalue weighted by Crippen LogP contribution is -2.59. The maximum absolute atomic E-state index is 12.4. The first-order valence-electron chi connectivity index (χ1n) is 9.35. The molecule has 3 rings (SSSR count). The Balaban J connectivity index is 1.73. The molecule has 1 aliphatic heterocycles. The second-order valence-corrected chi connectivity index (χ2v) is 6.81. The van der Waals surface area contributed by atoms with E-state index in [9.17, 15) is 25.2 Å². The standard InChI is InChI=1S/C21H25NO7/c23-12-16-17(24)18(25)19(26)21(29-16)28-15(13-7-3-1-4-8-13)11-22-20(27)14-9-5-2-6-10-14/h1-10,15-19,21,23-26H,11-12H2,(H,22,27)/t15-,16-,17-,18+,19-,21-/m1/s1. The molecule has 1 aliphatic rings. The fraction of sp³-hybridized carbons (Fsp3) is 0.381. The number of amides is 1. The molecule has 8 heteroatoms. The van der Waals surface area contributed by atoms with Crippen LogP contribution in [0.1, 0.15) is 22.0 Å². The second kappa shape index (κ2) is 9.93. The number of rotatable bonds is 7. The molecule has 0 spiro atoms. The minimum Gasteiger partial charge on any atom is -0.394 e. The van der Waals surface area contributed by atoms with Crippen LogP contribution in [0.3, 0.4) is 0 Å². The van der Waals surface area contributed by atoms with Gasteiger partial charge in [-0.1, -0.05) is 48.5 Å². The van der Waals surface area contributed by atoms with Crippen molar-refractivity contribution in [1.82, 2.24) is 5.32 Å². The molecule has 6 atom stereocenters. The molecule has 156 valence electrons. The Morgan fingerprint density at radius 2 is 1.59 bits per heavy atom. The van der Waals surface area contributed by atoms with Crippen LogP contribution in [0.4, 0.5) is 0 Å². The summed E-state index contributed by atoms with van der Waals surface area (Å²) >= 11 is 0. The second-order valence-electron chi connectivity index (χ2n) is 6.81. The first kappa shape index (κ1) is 21.4. The average Bonchev–Trinajstić information content (AvgIpc) is 2.77. The van der Waals surface area contributed by atoms with Gasteiger partial charge in [0.05, 0.1) is 6.61 Å². The van der Waals surface area contributed by atoms with Gasteiger partial charge in [0.25, 0.3) is 5.91 Å². The van der Waals surface area contributed by atoms with E-state index in [-0.39, 0.29) is 12.5 Å². The third-order valence-electron chi connectivity index (χ3n) is 4.80. The van der Waals surface area contributed by atoms with Gasteiger partial charge in [0, 0.05) is 12.1 Å². The summed E-state index contributed by atoms with van der Waals surface area (Å²) in [5.74, 6) is -0.288. The first-order valence-corrected chi connectivity index (χ1v) is 9.35. The molecule has 0 unspecified atom stereocenters. The van der Waals surface area contributed by atoms with E-state index < -0.39 is 43.4 Å². The maximum atomic E-state index is 12.4. The highest BCUT2D eigenvalue weighted by Gasteiger charge is 2.44. The molecular weight excluding hydrogens is 378 g/mol. The Labute approximate surface area is 168 Å². The van der Waals surface area contributed by atoms with Gasteiger partial charge in [-0.15, -0.1) is 0 Å². The molecule has 8 nitrogen and oxygen atoms in total. The minimum absolute atomic E-state index is 0.0762. The van der Waals surface area contributed by atoms with Crippen LogP contribution in [-0.2, 0) is 9.47 Å². The van der Waals surface area contributed by atoms with Crippen molar-refractivity contribution in [3.63, 3.8) is 0 Å². The van der Waals surface area contributed by atoms with Crippen molar-refractivity contribution in [2.24, 2.45) is 0 Å². The van der Waals surface area contributed by atoms with Gasteiger partial charge in [-0.3, -0.25) is 4.79 Å². The Bertz CT molecular complexity index is 771. The summed E-state index contributed by atoms with van der Waals surface area (Å²) in [4.78, 5) is 12.4. The predicted octanol–water partition coefficient (Wildman–Crippen LogP) is -0.0258. The monoisotopic (exact) mass is 403 g/mol.